The molecule has 0 N–H and O–H groups in total. The van der Waals surface area contributed by atoms with Gasteiger partial charge in [0.15, 0.2) is 0 Å². The van der Waals surface area contributed by atoms with E-state index in [1.165, 1.54) is 18.4 Å². The molecule has 88 valence electrons. The number of carbonyl (C=O) groups excluding carboxylic acids is 1. The lowest BCUT2D eigenvalue weighted by atomic mass is 9.88. The van der Waals surface area contributed by atoms with Gasteiger partial charge < -0.3 is 0 Å². The lowest BCUT2D eigenvalue weighted by Crippen LogP contribution is -2.30. The van der Waals surface area contributed by atoms with E-state index >= 15 is 0 Å². The van der Waals surface area contributed by atoms with Gasteiger partial charge in [-0.2, -0.15) is 0 Å². The van der Waals surface area contributed by atoms with E-state index in [-0.39, 0.29) is 11.8 Å². The minimum atomic E-state index is -0.106. The Labute approximate surface area is 101 Å². The summed E-state index contributed by atoms with van der Waals surface area (Å²) in [7, 11) is 0. The van der Waals surface area contributed by atoms with E-state index in [2.05, 4.69) is 16.0 Å². The molecule has 0 saturated carbocycles. The van der Waals surface area contributed by atoms with E-state index in [1.807, 2.05) is 18.2 Å². The van der Waals surface area contributed by atoms with E-state index in [4.69, 9.17) is 0 Å². The molecular formula is C14H16N2O. The third-order valence-electron chi connectivity index (χ3n) is 3.55. The number of allylic oxidation sites excluding steroid dienone is 4. The van der Waals surface area contributed by atoms with Crippen LogP contribution in [0.3, 0.4) is 0 Å². The van der Waals surface area contributed by atoms with Crippen LogP contribution in [0.4, 0.5) is 0 Å². The average Bonchev–Trinajstić information content (AvgIpc) is 2.81. The van der Waals surface area contributed by atoms with Crippen LogP contribution in [0, 0.1) is 5.92 Å². The van der Waals surface area contributed by atoms with Gasteiger partial charge in [-0.25, -0.2) is 4.99 Å². The third-order valence-corrected chi connectivity index (χ3v) is 3.55. The van der Waals surface area contributed by atoms with Gasteiger partial charge in [0, 0.05) is 18.5 Å². The van der Waals surface area contributed by atoms with Crippen LogP contribution >= 0.6 is 0 Å². The summed E-state index contributed by atoms with van der Waals surface area (Å²) in [4.78, 5) is 18.1. The Kier molecular flexibility index (Phi) is 2.77. The van der Waals surface area contributed by atoms with E-state index in [1.54, 1.807) is 6.08 Å². The molecule has 2 heterocycles. The van der Waals surface area contributed by atoms with E-state index in [9.17, 15) is 4.79 Å². The fraction of sp³-hybridized carbons (Fsp3) is 0.429. The first-order chi connectivity index (χ1) is 8.33. The molecule has 3 heteroatoms. The maximum atomic E-state index is 11.6. The number of carbonyl (C=O) groups is 1. The van der Waals surface area contributed by atoms with Gasteiger partial charge in [-0.15, -0.1) is 0 Å². The van der Waals surface area contributed by atoms with Crippen LogP contribution in [0.25, 0.3) is 0 Å². The molecule has 3 nitrogen and oxygen atoms in total. The Morgan fingerprint density at radius 1 is 1.29 bits per heavy atom. The Balaban J connectivity index is 1.80. The standard InChI is InChI=1S/C14H16N2O/c17-14-9-11(10-16-7-3-4-8-16)12-5-1-2-6-13(12)15-14/h1-2,5-6,9,12H,3-4,7-8,10H2. The predicted molar refractivity (Wildman–Crippen MR) is 68.0 cm³/mol. The second kappa shape index (κ2) is 4.41. The molecule has 1 atom stereocenters. The van der Waals surface area contributed by atoms with Gasteiger partial charge in [0.1, 0.15) is 0 Å². The highest BCUT2D eigenvalue weighted by Gasteiger charge is 2.25. The van der Waals surface area contributed by atoms with Crippen LogP contribution in [-0.4, -0.2) is 36.2 Å². The number of rotatable bonds is 2. The van der Waals surface area contributed by atoms with Crippen molar-refractivity contribution in [3.8, 4) is 0 Å². The van der Waals surface area contributed by atoms with Crippen molar-refractivity contribution >= 4 is 11.6 Å². The van der Waals surface area contributed by atoms with Gasteiger partial charge in [0.25, 0.3) is 5.91 Å². The third kappa shape index (κ3) is 2.15. The first-order valence-corrected chi connectivity index (χ1v) is 6.23. The molecule has 1 amide bonds. The Bertz CT molecular complexity index is 451. The predicted octanol–water partition coefficient (Wildman–Crippen LogP) is 1.73. The number of dihydropyridines is 1. The van der Waals surface area contributed by atoms with Gasteiger partial charge in [0.2, 0.25) is 0 Å². The molecular weight excluding hydrogens is 212 g/mol. The summed E-state index contributed by atoms with van der Waals surface area (Å²) in [6, 6.07) is 0. The van der Waals surface area contributed by atoms with Gasteiger partial charge in [-0.1, -0.05) is 18.2 Å². The second-order valence-electron chi connectivity index (χ2n) is 4.80. The zero-order valence-electron chi connectivity index (χ0n) is 9.80. The Hall–Kier alpha value is -1.48. The first kappa shape index (κ1) is 10.7. The minimum absolute atomic E-state index is 0.106. The summed E-state index contributed by atoms with van der Waals surface area (Å²) in [6.07, 6.45) is 12.3. The molecule has 0 radical (unpaired) electrons. The molecule has 1 unspecified atom stereocenters. The summed E-state index contributed by atoms with van der Waals surface area (Å²) >= 11 is 0. The van der Waals surface area contributed by atoms with Gasteiger partial charge in [-0.3, -0.25) is 9.69 Å². The van der Waals surface area contributed by atoms with Crippen LogP contribution in [0.15, 0.2) is 40.9 Å². The van der Waals surface area contributed by atoms with Crippen LogP contribution in [0.5, 0.6) is 0 Å². The molecule has 1 saturated heterocycles. The second-order valence-corrected chi connectivity index (χ2v) is 4.80. The van der Waals surface area contributed by atoms with Crippen LogP contribution in [0.2, 0.25) is 0 Å². The highest BCUT2D eigenvalue weighted by atomic mass is 16.1. The zero-order chi connectivity index (χ0) is 11.7. The normalized spacial score (nSPS) is 28.0. The van der Waals surface area contributed by atoms with Crippen molar-refractivity contribution in [3.05, 3.63) is 36.0 Å². The summed E-state index contributed by atoms with van der Waals surface area (Å²) in [5, 5.41) is 0. The lowest BCUT2D eigenvalue weighted by molar-refractivity contribution is -0.113. The maximum absolute atomic E-state index is 11.6. The quantitative estimate of drug-likeness (QED) is 0.721. The fourth-order valence-corrected chi connectivity index (χ4v) is 2.70. The van der Waals surface area contributed by atoms with Gasteiger partial charge >= 0.3 is 0 Å². The van der Waals surface area contributed by atoms with Crippen molar-refractivity contribution in [3.63, 3.8) is 0 Å². The first-order valence-electron chi connectivity index (χ1n) is 6.23. The highest BCUT2D eigenvalue weighted by molar-refractivity contribution is 6.12. The summed E-state index contributed by atoms with van der Waals surface area (Å²) in [5.74, 6) is 0.115. The minimum Gasteiger partial charge on any atom is -0.299 e. The fourth-order valence-electron chi connectivity index (χ4n) is 2.70. The van der Waals surface area contributed by atoms with E-state index in [0.717, 1.165) is 25.3 Å². The molecule has 1 fully saturated rings. The van der Waals surface area contributed by atoms with E-state index in [0.29, 0.717) is 0 Å². The number of likely N-dealkylation sites (tertiary alicyclic amines) is 1. The molecule has 0 aromatic carbocycles. The molecule has 0 spiro atoms. The average molecular weight is 228 g/mol. The molecule has 2 aliphatic heterocycles. The van der Waals surface area contributed by atoms with Crippen molar-refractivity contribution in [1.29, 1.82) is 0 Å². The monoisotopic (exact) mass is 228 g/mol. The molecule has 1 aliphatic carbocycles. The Morgan fingerprint density at radius 2 is 2.12 bits per heavy atom. The summed E-state index contributed by atoms with van der Waals surface area (Å²) < 4.78 is 0. The molecule has 3 rings (SSSR count). The molecule has 3 aliphatic rings. The lowest BCUT2D eigenvalue weighted by Gasteiger charge is -2.25. The molecule has 0 aromatic rings. The Morgan fingerprint density at radius 3 is 2.94 bits per heavy atom. The number of amides is 1. The number of fused-ring (bicyclic) bond motifs is 1. The van der Waals surface area contributed by atoms with Crippen molar-refractivity contribution in [2.24, 2.45) is 10.9 Å². The van der Waals surface area contributed by atoms with Gasteiger partial charge in [0.05, 0.1) is 5.71 Å². The van der Waals surface area contributed by atoms with Gasteiger partial charge in [-0.05, 0) is 37.6 Å². The maximum Gasteiger partial charge on any atom is 0.269 e. The van der Waals surface area contributed by atoms with Crippen molar-refractivity contribution < 1.29 is 4.79 Å². The largest absolute Gasteiger partial charge is 0.299 e. The van der Waals surface area contributed by atoms with Crippen molar-refractivity contribution in [2.45, 2.75) is 12.8 Å². The van der Waals surface area contributed by atoms with E-state index < -0.39 is 0 Å². The number of hydrogen-bond donors (Lipinski definition) is 0. The van der Waals surface area contributed by atoms with Crippen LogP contribution in [0.1, 0.15) is 12.8 Å². The number of hydrogen-bond acceptors (Lipinski definition) is 2. The molecule has 17 heavy (non-hydrogen) atoms. The van der Waals surface area contributed by atoms with Crippen molar-refractivity contribution in [2.75, 3.05) is 19.6 Å². The molecule has 0 bridgehead atoms. The van der Waals surface area contributed by atoms with Crippen LogP contribution < -0.4 is 0 Å². The highest BCUT2D eigenvalue weighted by Crippen LogP contribution is 2.25. The smallest absolute Gasteiger partial charge is 0.269 e. The van der Waals surface area contributed by atoms with Crippen molar-refractivity contribution in [1.82, 2.24) is 4.90 Å². The number of aliphatic imine (C=N–C) groups is 1. The SMILES string of the molecule is O=C1C=C(CN2CCCC2)C2C=CC=CC2=N1. The summed E-state index contributed by atoms with van der Waals surface area (Å²) in [5.41, 5.74) is 2.09. The number of nitrogens with zero attached hydrogens (tertiary/aromatic N) is 2. The van der Waals surface area contributed by atoms with Crippen LogP contribution in [-0.2, 0) is 4.79 Å². The summed E-state index contributed by atoms with van der Waals surface area (Å²) in [6.45, 7) is 3.22. The topological polar surface area (TPSA) is 32.7 Å². The molecule has 0 aromatic heterocycles. The zero-order valence-corrected chi connectivity index (χ0v) is 9.80.